The van der Waals surface area contributed by atoms with Gasteiger partial charge in [-0.1, -0.05) is 17.4 Å². The maximum atomic E-state index is 6.67. The van der Waals surface area contributed by atoms with E-state index in [2.05, 4.69) is 21.0 Å². The molecule has 1 heterocycles. The monoisotopic (exact) mass is 241 g/mol. The number of nitrogens with two attached hydrogens (primary N) is 1. The number of nitrogens with zero attached hydrogens (tertiary/aromatic N) is 3. The van der Waals surface area contributed by atoms with Crippen LogP contribution in [0.1, 0.15) is 12.5 Å². The highest BCUT2D eigenvalue weighted by molar-refractivity contribution is 6.00. The highest BCUT2D eigenvalue weighted by atomic mass is 15.3. The van der Waals surface area contributed by atoms with E-state index in [-0.39, 0.29) is 5.84 Å². The summed E-state index contributed by atoms with van der Waals surface area (Å²) >= 11 is 0. The Balaban J connectivity index is 2.42. The van der Waals surface area contributed by atoms with E-state index in [4.69, 9.17) is 11.3 Å². The Morgan fingerprint density at radius 1 is 1.44 bits per heavy atom. The first-order valence-corrected chi connectivity index (χ1v) is 5.66. The highest BCUT2D eigenvalue weighted by Gasteiger charge is 2.03. The van der Waals surface area contributed by atoms with Gasteiger partial charge in [-0.2, -0.15) is 5.53 Å². The highest BCUT2D eigenvalue weighted by Crippen LogP contribution is 2.17. The SMILES string of the molecule is C/C=C/Cn1ccc2cc(C(N)=NN=N)ccc21. The molecule has 0 aliphatic carbocycles. The Kier molecular flexibility index (Phi) is 3.52. The summed E-state index contributed by atoms with van der Waals surface area (Å²) in [6, 6.07) is 7.87. The van der Waals surface area contributed by atoms with Crippen LogP contribution in [0.3, 0.4) is 0 Å². The third-order valence-electron chi connectivity index (χ3n) is 2.76. The van der Waals surface area contributed by atoms with E-state index in [0.29, 0.717) is 0 Å². The molecule has 92 valence electrons. The van der Waals surface area contributed by atoms with Crippen molar-refractivity contribution in [3.8, 4) is 0 Å². The zero-order valence-electron chi connectivity index (χ0n) is 10.2. The summed E-state index contributed by atoms with van der Waals surface area (Å²) in [7, 11) is 0. The largest absolute Gasteiger partial charge is 0.382 e. The van der Waals surface area contributed by atoms with Gasteiger partial charge >= 0.3 is 0 Å². The normalized spacial score (nSPS) is 12.4. The van der Waals surface area contributed by atoms with E-state index in [1.165, 1.54) is 0 Å². The number of amidine groups is 1. The van der Waals surface area contributed by atoms with Crippen molar-refractivity contribution >= 4 is 16.7 Å². The molecule has 0 radical (unpaired) electrons. The van der Waals surface area contributed by atoms with Gasteiger partial charge in [-0.05, 0) is 31.2 Å². The van der Waals surface area contributed by atoms with E-state index < -0.39 is 0 Å². The Labute approximate surface area is 105 Å². The molecule has 5 nitrogen and oxygen atoms in total. The molecule has 0 amide bonds. The van der Waals surface area contributed by atoms with Crippen LogP contribution in [-0.4, -0.2) is 10.4 Å². The molecule has 0 aliphatic rings. The number of fused-ring (bicyclic) bond motifs is 1. The van der Waals surface area contributed by atoms with Crippen molar-refractivity contribution in [3.05, 3.63) is 48.2 Å². The molecule has 0 unspecified atom stereocenters. The van der Waals surface area contributed by atoms with Gasteiger partial charge in [0.1, 0.15) is 0 Å². The summed E-state index contributed by atoms with van der Waals surface area (Å²) in [4.78, 5) is 0. The number of aromatic nitrogens is 1. The van der Waals surface area contributed by atoms with Gasteiger partial charge in [0, 0.05) is 29.2 Å². The molecule has 0 aliphatic heterocycles. The maximum Gasteiger partial charge on any atom is 0.155 e. The minimum absolute atomic E-state index is 0.258. The van der Waals surface area contributed by atoms with E-state index in [1.54, 1.807) is 0 Å². The fourth-order valence-corrected chi connectivity index (χ4v) is 1.85. The first-order chi connectivity index (χ1) is 8.76. The van der Waals surface area contributed by atoms with Gasteiger partial charge < -0.3 is 10.3 Å². The van der Waals surface area contributed by atoms with Crippen LogP contribution in [0.4, 0.5) is 0 Å². The second kappa shape index (κ2) is 5.27. The zero-order valence-corrected chi connectivity index (χ0v) is 10.2. The van der Waals surface area contributed by atoms with Gasteiger partial charge in [0.15, 0.2) is 5.84 Å². The molecule has 2 aromatic rings. The number of rotatable bonds is 4. The smallest absolute Gasteiger partial charge is 0.155 e. The van der Waals surface area contributed by atoms with Gasteiger partial charge in [0.05, 0.1) is 0 Å². The van der Waals surface area contributed by atoms with Gasteiger partial charge in [-0.15, -0.1) is 5.10 Å². The van der Waals surface area contributed by atoms with Gasteiger partial charge in [0.2, 0.25) is 0 Å². The van der Waals surface area contributed by atoms with Crippen LogP contribution in [0.5, 0.6) is 0 Å². The Morgan fingerprint density at radius 2 is 2.28 bits per heavy atom. The molecule has 0 atom stereocenters. The van der Waals surface area contributed by atoms with Crippen LogP contribution < -0.4 is 5.73 Å². The van der Waals surface area contributed by atoms with E-state index in [0.717, 1.165) is 23.0 Å². The topological polar surface area (TPSA) is 79.5 Å². The predicted octanol–water partition coefficient (Wildman–Crippen LogP) is 2.87. The van der Waals surface area contributed by atoms with Gasteiger partial charge in [-0.25, -0.2) is 0 Å². The van der Waals surface area contributed by atoms with Gasteiger partial charge in [0.25, 0.3) is 0 Å². The molecular weight excluding hydrogens is 226 g/mol. The quantitative estimate of drug-likeness (QED) is 0.279. The average Bonchev–Trinajstić information content (AvgIpc) is 2.79. The lowest BCUT2D eigenvalue weighted by molar-refractivity contribution is 0.862. The minimum Gasteiger partial charge on any atom is -0.382 e. The Morgan fingerprint density at radius 3 is 3.00 bits per heavy atom. The van der Waals surface area contributed by atoms with Crippen molar-refractivity contribution in [1.82, 2.24) is 4.57 Å². The minimum atomic E-state index is 0.258. The Hall–Kier alpha value is -2.43. The molecule has 1 aromatic heterocycles. The van der Waals surface area contributed by atoms with Crippen molar-refractivity contribution in [2.75, 3.05) is 0 Å². The number of benzene rings is 1. The first kappa shape index (κ1) is 12.0. The van der Waals surface area contributed by atoms with Crippen LogP contribution in [0.15, 0.2) is 52.9 Å². The van der Waals surface area contributed by atoms with Crippen molar-refractivity contribution in [2.45, 2.75) is 13.5 Å². The van der Waals surface area contributed by atoms with Crippen molar-refractivity contribution in [3.63, 3.8) is 0 Å². The fraction of sp³-hybridized carbons (Fsp3) is 0.154. The maximum absolute atomic E-state index is 6.67. The summed E-state index contributed by atoms with van der Waals surface area (Å²) in [6.45, 7) is 2.86. The molecule has 5 heteroatoms. The lowest BCUT2D eigenvalue weighted by Gasteiger charge is -2.03. The zero-order chi connectivity index (χ0) is 13.0. The summed E-state index contributed by atoms with van der Waals surface area (Å²) in [5, 5.41) is 7.56. The number of hydrogen-bond donors (Lipinski definition) is 2. The second-order valence-electron chi connectivity index (χ2n) is 3.90. The van der Waals surface area contributed by atoms with E-state index >= 15 is 0 Å². The van der Waals surface area contributed by atoms with Crippen LogP contribution >= 0.6 is 0 Å². The summed E-state index contributed by atoms with van der Waals surface area (Å²) in [5.41, 5.74) is 14.3. The number of allylic oxidation sites excluding steroid dienone is 2. The molecule has 1 aromatic carbocycles. The average molecular weight is 241 g/mol. The van der Waals surface area contributed by atoms with Crippen LogP contribution in [0.2, 0.25) is 0 Å². The summed E-state index contributed by atoms with van der Waals surface area (Å²) in [5.74, 6) is 0.258. The molecule has 0 bridgehead atoms. The standard InChI is InChI=1S/C13H15N5/c1-2-3-7-18-8-6-10-9-11(4-5-12(10)18)13(14)16-17-15/h2-6,8-9H,7H2,1H3,(H3,14,15,16)/b3-2+. The lowest BCUT2D eigenvalue weighted by Crippen LogP contribution is -2.12. The van der Waals surface area contributed by atoms with Crippen molar-refractivity contribution in [1.29, 1.82) is 5.53 Å². The van der Waals surface area contributed by atoms with Gasteiger partial charge in [-0.3, -0.25) is 0 Å². The Bertz CT molecular complexity index is 621. The summed E-state index contributed by atoms with van der Waals surface area (Å²) in [6.07, 6.45) is 6.17. The molecule has 3 N–H and O–H groups in total. The first-order valence-electron chi connectivity index (χ1n) is 5.66. The molecule has 18 heavy (non-hydrogen) atoms. The van der Waals surface area contributed by atoms with Crippen molar-refractivity contribution < 1.29 is 0 Å². The third kappa shape index (κ3) is 2.29. The summed E-state index contributed by atoms with van der Waals surface area (Å²) < 4.78 is 2.15. The molecular formula is C13H15N5. The number of nitrogens with one attached hydrogen (secondary N) is 1. The molecule has 0 saturated heterocycles. The fourth-order valence-electron chi connectivity index (χ4n) is 1.85. The number of hydrogen-bond acceptors (Lipinski definition) is 2. The van der Waals surface area contributed by atoms with Crippen molar-refractivity contribution in [2.24, 2.45) is 16.1 Å². The van der Waals surface area contributed by atoms with E-state index in [1.807, 2.05) is 43.5 Å². The molecule has 0 spiro atoms. The molecule has 2 rings (SSSR count). The van der Waals surface area contributed by atoms with Crippen LogP contribution in [0, 0.1) is 5.53 Å². The molecule has 0 saturated carbocycles. The third-order valence-corrected chi connectivity index (χ3v) is 2.76. The van der Waals surface area contributed by atoms with Crippen LogP contribution in [-0.2, 0) is 6.54 Å². The predicted molar refractivity (Wildman–Crippen MR) is 72.6 cm³/mol. The molecule has 0 fully saturated rings. The lowest BCUT2D eigenvalue weighted by atomic mass is 10.1. The van der Waals surface area contributed by atoms with E-state index in [9.17, 15) is 0 Å². The van der Waals surface area contributed by atoms with Crippen LogP contribution in [0.25, 0.3) is 10.9 Å². The second-order valence-corrected chi connectivity index (χ2v) is 3.90.